The lowest BCUT2D eigenvalue weighted by Gasteiger charge is -2.22. The van der Waals surface area contributed by atoms with Crippen LogP contribution in [0.2, 0.25) is 0 Å². The predicted octanol–water partition coefficient (Wildman–Crippen LogP) is 4.08. The van der Waals surface area contributed by atoms with Crippen molar-refractivity contribution in [2.24, 2.45) is 0 Å². The van der Waals surface area contributed by atoms with E-state index in [0.717, 1.165) is 41.3 Å². The number of benzene rings is 2. The van der Waals surface area contributed by atoms with E-state index in [1.807, 2.05) is 42.5 Å². The van der Waals surface area contributed by atoms with Gasteiger partial charge in [0.2, 0.25) is 5.91 Å². The second-order valence-electron chi connectivity index (χ2n) is 6.43. The first-order valence-electron chi connectivity index (χ1n) is 8.76. The second-order valence-corrected chi connectivity index (χ2v) is 7.49. The monoisotopic (exact) mass is 367 g/mol. The molecule has 2 heterocycles. The highest BCUT2D eigenvalue weighted by atomic mass is 32.1. The molecule has 1 atom stereocenters. The molecule has 1 unspecified atom stereocenters. The molecular weight excluding hydrogens is 346 g/mol. The van der Waals surface area contributed by atoms with E-state index in [-0.39, 0.29) is 11.9 Å². The number of nitrogens with zero attached hydrogens (tertiary/aromatic N) is 2. The molecule has 2 aromatic carbocycles. The molecule has 1 aliphatic heterocycles. The van der Waals surface area contributed by atoms with Crippen molar-refractivity contribution < 1.29 is 9.53 Å². The van der Waals surface area contributed by atoms with Crippen LogP contribution in [0.1, 0.15) is 23.9 Å². The van der Waals surface area contributed by atoms with E-state index >= 15 is 0 Å². The van der Waals surface area contributed by atoms with E-state index in [1.54, 1.807) is 18.4 Å². The van der Waals surface area contributed by atoms with Gasteiger partial charge in [0, 0.05) is 11.8 Å². The second kappa shape index (κ2) is 7.43. The van der Waals surface area contributed by atoms with Crippen molar-refractivity contribution in [3.63, 3.8) is 0 Å². The first-order chi connectivity index (χ1) is 12.7. The van der Waals surface area contributed by atoms with Gasteiger partial charge >= 0.3 is 0 Å². The molecule has 6 heteroatoms. The maximum atomic E-state index is 12.5. The molecule has 0 bridgehead atoms. The number of para-hydroxylation sites is 1. The Morgan fingerprint density at radius 3 is 3.04 bits per heavy atom. The molecule has 1 N–H and O–H groups in total. The number of methoxy groups -OCH3 is 1. The van der Waals surface area contributed by atoms with Gasteiger partial charge in [-0.25, -0.2) is 4.98 Å². The van der Waals surface area contributed by atoms with E-state index in [1.165, 1.54) is 4.70 Å². The Morgan fingerprint density at radius 1 is 1.31 bits per heavy atom. The number of fused-ring (bicyclic) bond motifs is 1. The van der Waals surface area contributed by atoms with Crippen LogP contribution in [0.3, 0.4) is 0 Å². The minimum atomic E-state index is -0.00809. The summed E-state index contributed by atoms with van der Waals surface area (Å²) in [6.45, 7) is 1.30. The van der Waals surface area contributed by atoms with Gasteiger partial charge < -0.3 is 10.1 Å². The largest absolute Gasteiger partial charge is 0.497 e. The predicted molar refractivity (Wildman–Crippen MR) is 105 cm³/mol. The number of hydrogen-bond donors (Lipinski definition) is 1. The number of rotatable bonds is 5. The zero-order valence-corrected chi connectivity index (χ0v) is 15.5. The Kier molecular flexibility index (Phi) is 4.86. The topological polar surface area (TPSA) is 54.5 Å². The highest BCUT2D eigenvalue weighted by Gasteiger charge is 2.30. The summed E-state index contributed by atoms with van der Waals surface area (Å²) < 4.78 is 6.41. The van der Waals surface area contributed by atoms with Gasteiger partial charge in [-0.2, -0.15) is 0 Å². The quantitative estimate of drug-likeness (QED) is 0.738. The lowest BCUT2D eigenvalue weighted by atomic mass is 10.2. The summed E-state index contributed by atoms with van der Waals surface area (Å²) in [4.78, 5) is 19.5. The van der Waals surface area contributed by atoms with Crippen molar-refractivity contribution in [3.8, 4) is 5.75 Å². The lowest BCUT2D eigenvalue weighted by molar-refractivity contribution is -0.117. The van der Waals surface area contributed by atoms with Gasteiger partial charge in [0.05, 0.1) is 29.9 Å². The zero-order valence-electron chi connectivity index (χ0n) is 14.6. The summed E-state index contributed by atoms with van der Waals surface area (Å²) >= 11 is 1.73. The molecule has 0 spiro atoms. The Balaban J connectivity index is 1.45. The fourth-order valence-electron chi connectivity index (χ4n) is 3.41. The van der Waals surface area contributed by atoms with Crippen molar-refractivity contribution in [1.82, 2.24) is 9.88 Å². The number of thiazole rings is 1. The van der Waals surface area contributed by atoms with Gasteiger partial charge in [-0.1, -0.05) is 18.2 Å². The number of nitrogens with one attached hydrogen (secondary N) is 1. The third-order valence-electron chi connectivity index (χ3n) is 4.66. The molecule has 1 saturated heterocycles. The van der Waals surface area contributed by atoms with Gasteiger partial charge in [0.15, 0.2) is 0 Å². The number of likely N-dealkylation sites (tertiary alicyclic amines) is 1. The van der Waals surface area contributed by atoms with Crippen LogP contribution in [0.25, 0.3) is 10.2 Å². The molecule has 1 aliphatic rings. The molecule has 134 valence electrons. The standard InChI is InChI=1S/C20H21N3O2S/c1-25-15-7-4-6-14(12-15)21-19(24)13-23-11-5-9-17(23)20-22-16-8-2-3-10-18(16)26-20/h2-4,6-8,10,12,17H,5,9,11,13H2,1H3,(H,21,24). The number of hydrogen-bond acceptors (Lipinski definition) is 5. The highest BCUT2D eigenvalue weighted by Crippen LogP contribution is 2.36. The minimum absolute atomic E-state index is 0.00809. The molecule has 26 heavy (non-hydrogen) atoms. The first kappa shape index (κ1) is 17.0. The van der Waals surface area contributed by atoms with Gasteiger partial charge in [0.1, 0.15) is 10.8 Å². The molecule has 4 rings (SSSR count). The molecule has 0 aliphatic carbocycles. The van der Waals surface area contributed by atoms with Crippen LogP contribution in [0.5, 0.6) is 5.75 Å². The van der Waals surface area contributed by atoms with Crippen LogP contribution in [-0.2, 0) is 4.79 Å². The fourth-order valence-corrected chi connectivity index (χ4v) is 4.55. The van der Waals surface area contributed by atoms with Crippen molar-refractivity contribution in [3.05, 3.63) is 53.5 Å². The number of anilines is 1. The molecule has 1 aromatic heterocycles. The lowest BCUT2D eigenvalue weighted by Crippen LogP contribution is -2.32. The Hall–Kier alpha value is -2.44. The van der Waals surface area contributed by atoms with Gasteiger partial charge in [0.25, 0.3) is 0 Å². The third-order valence-corrected chi connectivity index (χ3v) is 5.80. The molecule has 3 aromatic rings. The Bertz CT molecular complexity index is 891. The van der Waals surface area contributed by atoms with Gasteiger partial charge in [-0.05, 0) is 43.7 Å². The summed E-state index contributed by atoms with van der Waals surface area (Å²) in [5, 5.41) is 4.07. The van der Waals surface area contributed by atoms with E-state index < -0.39 is 0 Å². The van der Waals surface area contributed by atoms with Crippen LogP contribution in [0.4, 0.5) is 5.69 Å². The zero-order chi connectivity index (χ0) is 17.9. The average molecular weight is 367 g/mol. The van der Waals surface area contributed by atoms with Crippen LogP contribution in [0, 0.1) is 0 Å². The smallest absolute Gasteiger partial charge is 0.238 e. The van der Waals surface area contributed by atoms with Gasteiger partial charge in [-0.3, -0.25) is 9.69 Å². The number of carbonyl (C=O) groups excluding carboxylic acids is 1. The van der Waals surface area contributed by atoms with Crippen LogP contribution in [0.15, 0.2) is 48.5 Å². The SMILES string of the molecule is COc1cccc(NC(=O)CN2CCCC2c2nc3ccccc3s2)c1. The normalized spacial score (nSPS) is 17.5. The van der Waals surface area contributed by atoms with Crippen molar-refractivity contribution in [2.45, 2.75) is 18.9 Å². The summed E-state index contributed by atoms with van der Waals surface area (Å²) in [6, 6.07) is 15.9. The van der Waals surface area contributed by atoms with E-state index in [9.17, 15) is 4.79 Å². The molecule has 5 nitrogen and oxygen atoms in total. The Labute approximate surface area is 156 Å². The number of amides is 1. The highest BCUT2D eigenvalue weighted by molar-refractivity contribution is 7.18. The molecule has 0 saturated carbocycles. The summed E-state index contributed by atoms with van der Waals surface area (Å²) in [7, 11) is 1.62. The maximum Gasteiger partial charge on any atom is 0.238 e. The van der Waals surface area contributed by atoms with Crippen molar-refractivity contribution in [2.75, 3.05) is 25.5 Å². The van der Waals surface area contributed by atoms with Crippen LogP contribution >= 0.6 is 11.3 Å². The summed E-state index contributed by atoms with van der Waals surface area (Å²) in [5.74, 6) is 0.725. The van der Waals surface area contributed by atoms with Crippen LogP contribution < -0.4 is 10.1 Å². The molecule has 1 amide bonds. The van der Waals surface area contributed by atoms with E-state index in [0.29, 0.717) is 6.54 Å². The first-order valence-corrected chi connectivity index (χ1v) is 9.58. The van der Waals surface area contributed by atoms with Crippen LogP contribution in [-0.4, -0.2) is 36.0 Å². The average Bonchev–Trinajstić information content (AvgIpc) is 3.27. The minimum Gasteiger partial charge on any atom is -0.497 e. The summed E-state index contributed by atoms with van der Waals surface area (Å²) in [6.07, 6.45) is 2.14. The van der Waals surface area contributed by atoms with Gasteiger partial charge in [-0.15, -0.1) is 11.3 Å². The van der Waals surface area contributed by atoms with E-state index in [4.69, 9.17) is 9.72 Å². The van der Waals surface area contributed by atoms with E-state index in [2.05, 4.69) is 16.3 Å². The van der Waals surface area contributed by atoms with Crippen molar-refractivity contribution >= 4 is 33.1 Å². The summed E-state index contributed by atoms with van der Waals surface area (Å²) in [5.41, 5.74) is 1.80. The number of aromatic nitrogens is 1. The number of ether oxygens (including phenoxy) is 1. The third kappa shape index (κ3) is 3.57. The fraction of sp³-hybridized carbons (Fsp3) is 0.300. The molecular formula is C20H21N3O2S. The molecule has 0 radical (unpaired) electrons. The molecule has 1 fully saturated rings. The number of carbonyl (C=O) groups is 1. The van der Waals surface area contributed by atoms with Crippen molar-refractivity contribution in [1.29, 1.82) is 0 Å². The Morgan fingerprint density at radius 2 is 2.19 bits per heavy atom. The maximum absolute atomic E-state index is 12.5.